The number of imidazole rings is 1. The number of benzene rings is 1. The third-order valence-corrected chi connectivity index (χ3v) is 4.86. The number of amides is 3. The summed E-state index contributed by atoms with van der Waals surface area (Å²) < 4.78 is 15.8. The molecule has 4 N–H and O–H groups in total. The van der Waals surface area contributed by atoms with Crippen molar-refractivity contribution in [2.45, 2.75) is 19.0 Å². The van der Waals surface area contributed by atoms with Crippen molar-refractivity contribution >= 4 is 23.3 Å². The summed E-state index contributed by atoms with van der Waals surface area (Å²) in [5, 5.41) is 7.15. The number of hydrogen-bond acceptors (Lipinski definition) is 4. The van der Waals surface area contributed by atoms with E-state index in [0.717, 1.165) is 4.88 Å². The van der Waals surface area contributed by atoms with Crippen LogP contribution in [0.4, 0.5) is 9.18 Å². The molecule has 3 rings (SSSR count). The first-order chi connectivity index (χ1) is 13.0. The van der Waals surface area contributed by atoms with Crippen LogP contribution in [0.25, 0.3) is 5.69 Å². The monoisotopic (exact) mass is 387 g/mol. The molecule has 27 heavy (non-hydrogen) atoms. The molecule has 1 atom stereocenters. The molecule has 1 unspecified atom stereocenters. The molecule has 3 amide bonds. The topological polar surface area (TPSA) is 102 Å². The van der Waals surface area contributed by atoms with E-state index < -0.39 is 17.9 Å². The van der Waals surface area contributed by atoms with Crippen LogP contribution in [-0.4, -0.2) is 21.5 Å². The highest BCUT2D eigenvalue weighted by Crippen LogP contribution is 2.22. The molecule has 0 fully saturated rings. The van der Waals surface area contributed by atoms with E-state index in [1.54, 1.807) is 29.1 Å². The van der Waals surface area contributed by atoms with Gasteiger partial charge in [-0.05, 0) is 29.1 Å². The van der Waals surface area contributed by atoms with Gasteiger partial charge in [0.2, 0.25) is 5.91 Å². The minimum Gasteiger partial charge on any atom is -0.352 e. The standard InChI is InChI=1S/C18H18FN5O2S/c19-13-8-12(3-4-15(13)24-6-5-21-11-24)10-22-17(25)9-14(23-18(20)26)16-2-1-7-27-16/h1-8,11,14H,9-10H2,(H,22,25)(H3,20,23,26). The maximum atomic E-state index is 14.3. The number of aromatic nitrogens is 2. The SMILES string of the molecule is NC(=O)NC(CC(=O)NCc1ccc(-n2ccnc2)c(F)c1)c1cccs1. The Morgan fingerprint density at radius 3 is 2.81 bits per heavy atom. The zero-order chi connectivity index (χ0) is 19.2. The average molecular weight is 387 g/mol. The molecule has 9 heteroatoms. The molecule has 0 saturated carbocycles. The summed E-state index contributed by atoms with van der Waals surface area (Å²) in [6, 6.07) is 7.19. The Kier molecular flexibility index (Phi) is 5.82. The fraction of sp³-hybridized carbons (Fsp3) is 0.167. The summed E-state index contributed by atoms with van der Waals surface area (Å²) in [5.74, 6) is -0.687. The predicted octanol–water partition coefficient (Wildman–Crippen LogP) is 2.49. The third kappa shape index (κ3) is 4.91. The van der Waals surface area contributed by atoms with Crippen molar-refractivity contribution < 1.29 is 14.0 Å². The number of nitrogens with one attached hydrogen (secondary N) is 2. The minimum absolute atomic E-state index is 0.0407. The lowest BCUT2D eigenvalue weighted by Crippen LogP contribution is -2.36. The number of hydrogen-bond donors (Lipinski definition) is 3. The number of halogens is 1. The average Bonchev–Trinajstić information content (AvgIpc) is 3.33. The molecule has 0 aliphatic heterocycles. The lowest BCUT2D eigenvalue weighted by atomic mass is 10.1. The molecule has 0 radical (unpaired) electrons. The first kappa shape index (κ1) is 18.6. The maximum Gasteiger partial charge on any atom is 0.312 e. The van der Waals surface area contributed by atoms with Crippen molar-refractivity contribution in [3.8, 4) is 5.69 Å². The Balaban J connectivity index is 1.60. The van der Waals surface area contributed by atoms with Crippen LogP contribution in [0.15, 0.2) is 54.4 Å². The van der Waals surface area contributed by atoms with E-state index >= 15 is 0 Å². The second-order valence-electron chi connectivity index (χ2n) is 5.81. The lowest BCUT2D eigenvalue weighted by Gasteiger charge is -2.16. The van der Waals surface area contributed by atoms with Crippen molar-refractivity contribution in [2.75, 3.05) is 0 Å². The van der Waals surface area contributed by atoms with Crippen molar-refractivity contribution in [1.82, 2.24) is 20.2 Å². The predicted molar refractivity (Wildman–Crippen MR) is 99.8 cm³/mol. The number of carbonyl (C=O) groups excluding carboxylic acids is 2. The molecule has 3 aromatic rings. The highest BCUT2D eigenvalue weighted by Gasteiger charge is 2.18. The van der Waals surface area contributed by atoms with E-state index in [4.69, 9.17) is 5.73 Å². The van der Waals surface area contributed by atoms with Crippen LogP contribution >= 0.6 is 11.3 Å². The van der Waals surface area contributed by atoms with Crippen LogP contribution in [0.1, 0.15) is 22.9 Å². The summed E-state index contributed by atoms with van der Waals surface area (Å²) in [4.78, 5) is 28.1. The molecule has 0 aliphatic carbocycles. The van der Waals surface area contributed by atoms with Gasteiger partial charge in [0.25, 0.3) is 0 Å². The number of carbonyl (C=O) groups is 2. The van der Waals surface area contributed by atoms with Crippen molar-refractivity contribution in [3.63, 3.8) is 0 Å². The Hall–Kier alpha value is -3.20. The number of nitrogens with zero attached hydrogens (tertiary/aromatic N) is 2. The highest BCUT2D eigenvalue weighted by molar-refractivity contribution is 7.10. The second kappa shape index (κ2) is 8.45. The van der Waals surface area contributed by atoms with Gasteiger partial charge in [-0.3, -0.25) is 4.79 Å². The van der Waals surface area contributed by atoms with Crippen LogP contribution in [0.3, 0.4) is 0 Å². The smallest absolute Gasteiger partial charge is 0.312 e. The third-order valence-electron chi connectivity index (χ3n) is 3.88. The molecule has 2 heterocycles. The van der Waals surface area contributed by atoms with Gasteiger partial charge in [0.15, 0.2) is 0 Å². The zero-order valence-electron chi connectivity index (χ0n) is 14.3. The van der Waals surface area contributed by atoms with E-state index in [2.05, 4.69) is 15.6 Å². The number of thiophene rings is 1. The fourth-order valence-electron chi connectivity index (χ4n) is 2.61. The number of rotatable bonds is 7. The highest BCUT2D eigenvalue weighted by atomic mass is 32.1. The summed E-state index contributed by atoms with van der Waals surface area (Å²) in [6.45, 7) is 0.174. The first-order valence-corrected chi connectivity index (χ1v) is 9.03. The number of nitrogens with two attached hydrogens (primary N) is 1. The quantitative estimate of drug-likeness (QED) is 0.580. The van der Waals surface area contributed by atoms with Crippen molar-refractivity contribution in [3.05, 3.63) is 70.7 Å². The van der Waals surface area contributed by atoms with Crippen LogP contribution in [-0.2, 0) is 11.3 Å². The van der Waals surface area contributed by atoms with E-state index in [-0.39, 0.29) is 18.9 Å². The van der Waals surface area contributed by atoms with Gasteiger partial charge in [0, 0.05) is 23.8 Å². The second-order valence-corrected chi connectivity index (χ2v) is 6.79. The van der Waals surface area contributed by atoms with Crippen LogP contribution in [0.2, 0.25) is 0 Å². The van der Waals surface area contributed by atoms with E-state index in [1.165, 1.54) is 23.7 Å². The Morgan fingerprint density at radius 1 is 1.33 bits per heavy atom. The van der Waals surface area contributed by atoms with Gasteiger partial charge in [-0.25, -0.2) is 14.2 Å². The number of urea groups is 1. The summed E-state index contributed by atoms with van der Waals surface area (Å²) in [5.41, 5.74) is 6.19. The van der Waals surface area contributed by atoms with E-state index in [0.29, 0.717) is 11.3 Å². The molecular formula is C18H18FN5O2S. The van der Waals surface area contributed by atoms with Gasteiger partial charge in [-0.15, -0.1) is 11.3 Å². The molecule has 0 saturated heterocycles. The summed E-state index contributed by atoms with van der Waals surface area (Å²) in [7, 11) is 0. The largest absolute Gasteiger partial charge is 0.352 e. The van der Waals surface area contributed by atoms with Gasteiger partial charge in [-0.2, -0.15) is 0 Å². The van der Waals surface area contributed by atoms with Crippen LogP contribution < -0.4 is 16.4 Å². The molecule has 0 bridgehead atoms. The summed E-state index contributed by atoms with van der Waals surface area (Å²) in [6.07, 6.45) is 4.77. The Morgan fingerprint density at radius 2 is 2.19 bits per heavy atom. The number of primary amides is 1. The van der Waals surface area contributed by atoms with Gasteiger partial charge < -0.3 is 20.9 Å². The molecule has 0 spiro atoms. The molecule has 7 nitrogen and oxygen atoms in total. The van der Waals surface area contributed by atoms with E-state index in [9.17, 15) is 14.0 Å². The maximum absolute atomic E-state index is 14.3. The van der Waals surface area contributed by atoms with Gasteiger partial charge in [0.1, 0.15) is 5.82 Å². The van der Waals surface area contributed by atoms with Crippen LogP contribution in [0.5, 0.6) is 0 Å². The molecule has 0 aliphatic rings. The lowest BCUT2D eigenvalue weighted by molar-refractivity contribution is -0.121. The first-order valence-electron chi connectivity index (χ1n) is 8.16. The van der Waals surface area contributed by atoms with Crippen molar-refractivity contribution in [1.29, 1.82) is 0 Å². The molecule has 1 aromatic carbocycles. The van der Waals surface area contributed by atoms with Gasteiger partial charge in [-0.1, -0.05) is 12.1 Å². The van der Waals surface area contributed by atoms with E-state index in [1.807, 2.05) is 17.5 Å². The normalized spacial score (nSPS) is 11.7. The molecule has 140 valence electrons. The van der Waals surface area contributed by atoms with Gasteiger partial charge >= 0.3 is 6.03 Å². The Labute approximate surface area is 159 Å². The van der Waals surface area contributed by atoms with Crippen molar-refractivity contribution in [2.24, 2.45) is 5.73 Å². The molecule has 2 aromatic heterocycles. The fourth-order valence-corrected chi connectivity index (χ4v) is 3.39. The van der Waals surface area contributed by atoms with Crippen LogP contribution in [0, 0.1) is 5.82 Å². The summed E-state index contributed by atoms with van der Waals surface area (Å²) >= 11 is 1.42. The zero-order valence-corrected chi connectivity index (χ0v) is 15.1. The molecular weight excluding hydrogens is 369 g/mol. The Bertz CT molecular complexity index is 912. The minimum atomic E-state index is -0.696. The van der Waals surface area contributed by atoms with Gasteiger partial charge in [0.05, 0.1) is 24.5 Å².